The normalized spacial score (nSPS) is 14.2. The van der Waals surface area contributed by atoms with E-state index in [2.05, 4.69) is 6.92 Å². The van der Waals surface area contributed by atoms with Gasteiger partial charge in [0.2, 0.25) is 5.91 Å². The Morgan fingerprint density at radius 3 is 2.40 bits per heavy atom. The Bertz CT molecular complexity index is 454. The second kappa shape index (κ2) is 8.33. The van der Waals surface area contributed by atoms with Crippen LogP contribution >= 0.6 is 23.2 Å². The van der Waals surface area contributed by atoms with Crippen molar-refractivity contribution in [2.45, 2.75) is 45.2 Å². The minimum Gasteiger partial charge on any atom is -0.332 e. The van der Waals surface area contributed by atoms with Crippen LogP contribution in [-0.2, 0) is 11.3 Å². The molecule has 0 aromatic heterocycles. The first-order chi connectivity index (χ1) is 9.43. The molecule has 20 heavy (non-hydrogen) atoms. The molecule has 110 valence electrons. The quantitative estimate of drug-likeness (QED) is 0.553. The molecule has 0 saturated carbocycles. The van der Waals surface area contributed by atoms with Crippen LogP contribution in [0.4, 0.5) is 0 Å². The maximum Gasteiger partial charge on any atom is 0.246 e. The number of rotatable bonds is 6. The van der Waals surface area contributed by atoms with Crippen molar-refractivity contribution in [1.82, 2.24) is 4.90 Å². The van der Waals surface area contributed by atoms with Gasteiger partial charge in [-0.1, -0.05) is 36.7 Å². The average Bonchev–Trinajstić information content (AvgIpc) is 2.43. The van der Waals surface area contributed by atoms with Crippen molar-refractivity contribution in [3.8, 4) is 0 Å². The molecular weight excluding hydrogens is 293 g/mol. The highest BCUT2D eigenvalue weighted by Gasteiger charge is 2.17. The summed E-state index contributed by atoms with van der Waals surface area (Å²) in [6.07, 6.45) is 4.17. The van der Waals surface area contributed by atoms with Crippen LogP contribution in [0.1, 0.15) is 32.8 Å². The molecule has 1 rings (SSSR count). The summed E-state index contributed by atoms with van der Waals surface area (Å²) < 4.78 is 0. The largest absolute Gasteiger partial charge is 0.332 e. The maximum atomic E-state index is 12.3. The topological polar surface area (TPSA) is 20.3 Å². The number of carbonyl (C=O) groups is 1. The fourth-order valence-electron chi connectivity index (χ4n) is 1.77. The Labute approximate surface area is 131 Å². The zero-order valence-corrected chi connectivity index (χ0v) is 13.7. The molecule has 1 aromatic rings. The number of carbonyl (C=O) groups excluding carboxylic acids is 1. The fraction of sp³-hybridized carbons (Fsp3) is 0.438. The fourth-order valence-corrected chi connectivity index (χ4v) is 1.97. The summed E-state index contributed by atoms with van der Waals surface area (Å²) in [5, 5.41) is 0.555. The predicted octanol–water partition coefficient (Wildman–Crippen LogP) is 4.65. The number of alkyl halides is 1. The first-order valence-corrected chi connectivity index (χ1v) is 7.62. The highest BCUT2D eigenvalue weighted by atomic mass is 35.5. The summed E-state index contributed by atoms with van der Waals surface area (Å²) in [4.78, 5) is 14.1. The second-order valence-electron chi connectivity index (χ2n) is 4.89. The van der Waals surface area contributed by atoms with E-state index >= 15 is 0 Å². The summed E-state index contributed by atoms with van der Waals surface area (Å²) in [6, 6.07) is 7.74. The molecule has 2 atom stereocenters. The van der Waals surface area contributed by atoms with E-state index in [1.165, 1.54) is 0 Å². The van der Waals surface area contributed by atoms with Crippen molar-refractivity contribution >= 4 is 29.1 Å². The van der Waals surface area contributed by atoms with Crippen molar-refractivity contribution in [3.63, 3.8) is 0 Å². The molecule has 2 unspecified atom stereocenters. The molecule has 0 aliphatic carbocycles. The lowest BCUT2D eigenvalue weighted by molar-refractivity contribution is -0.128. The van der Waals surface area contributed by atoms with Gasteiger partial charge in [0.05, 0.1) is 0 Å². The number of allylic oxidation sites excluding steroid dienone is 1. The first-order valence-electron chi connectivity index (χ1n) is 6.81. The van der Waals surface area contributed by atoms with E-state index in [-0.39, 0.29) is 17.3 Å². The van der Waals surface area contributed by atoms with Crippen LogP contribution in [0, 0.1) is 0 Å². The molecule has 0 saturated heterocycles. The van der Waals surface area contributed by atoms with Gasteiger partial charge in [-0.15, -0.1) is 11.6 Å². The maximum absolute atomic E-state index is 12.3. The van der Waals surface area contributed by atoms with Gasteiger partial charge in [0.25, 0.3) is 0 Å². The SMILES string of the molecule is CCC(C)N(Cc1ccc(Cl)cc1)C(=O)/C=C/C(C)Cl. The molecule has 0 radical (unpaired) electrons. The standard InChI is InChI=1S/C16H21Cl2NO/c1-4-13(3)19(16(20)10-5-12(2)17)11-14-6-8-15(18)9-7-14/h5-10,12-13H,4,11H2,1-3H3/b10-5+. The monoisotopic (exact) mass is 313 g/mol. The summed E-state index contributed by atoms with van der Waals surface area (Å²) in [5.74, 6) is -0.0122. The van der Waals surface area contributed by atoms with Gasteiger partial charge in [-0.3, -0.25) is 4.79 Å². The zero-order chi connectivity index (χ0) is 15.1. The minimum absolute atomic E-state index is 0.0122. The van der Waals surface area contributed by atoms with E-state index in [0.717, 1.165) is 12.0 Å². The number of hydrogen-bond acceptors (Lipinski definition) is 1. The van der Waals surface area contributed by atoms with Crippen LogP contribution < -0.4 is 0 Å². The molecule has 0 heterocycles. The number of benzene rings is 1. The Balaban J connectivity index is 2.84. The third-order valence-corrected chi connectivity index (χ3v) is 3.57. The smallest absolute Gasteiger partial charge is 0.246 e. The lowest BCUT2D eigenvalue weighted by atomic mass is 10.1. The minimum atomic E-state index is -0.145. The highest BCUT2D eigenvalue weighted by Crippen LogP contribution is 2.15. The average molecular weight is 314 g/mol. The van der Waals surface area contributed by atoms with E-state index in [4.69, 9.17) is 23.2 Å². The number of nitrogens with zero attached hydrogens (tertiary/aromatic N) is 1. The molecule has 4 heteroatoms. The lowest BCUT2D eigenvalue weighted by Crippen LogP contribution is -2.36. The summed E-state index contributed by atoms with van der Waals surface area (Å²) >= 11 is 11.7. The Morgan fingerprint density at radius 2 is 1.90 bits per heavy atom. The van der Waals surface area contributed by atoms with Crippen LogP contribution in [0.25, 0.3) is 0 Å². The van der Waals surface area contributed by atoms with Gasteiger partial charge in [0, 0.05) is 29.1 Å². The van der Waals surface area contributed by atoms with Crippen LogP contribution in [0.2, 0.25) is 5.02 Å². The third kappa shape index (κ3) is 5.56. The van der Waals surface area contributed by atoms with Gasteiger partial charge < -0.3 is 4.90 Å². The Kier molecular flexibility index (Phi) is 7.11. The van der Waals surface area contributed by atoms with Gasteiger partial charge in [0.1, 0.15) is 0 Å². The molecule has 0 aliphatic heterocycles. The van der Waals surface area contributed by atoms with Crippen molar-refractivity contribution in [2.24, 2.45) is 0 Å². The van der Waals surface area contributed by atoms with Gasteiger partial charge in [-0.2, -0.15) is 0 Å². The van der Waals surface area contributed by atoms with E-state index in [1.807, 2.05) is 43.0 Å². The van der Waals surface area contributed by atoms with E-state index < -0.39 is 0 Å². The first kappa shape index (κ1) is 17.1. The van der Waals surface area contributed by atoms with E-state index in [1.54, 1.807) is 12.2 Å². The predicted molar refractivity (Wildman–Crippen MR) is 86.2 cm³/mol. The molecule has 2 nitrogen and oxygen atoms in total. The zero-order valence-electron chi connectivity index (χ0n) is 12.1. The van der Waals surface area contributed by atoms with Crippen molar-refractivity contribution in [3.05, 3.63) is 47.0 Å². The van der Waals surface area contributed by atoms with E-state index in [9.17, 15) is 4.79 Å². The molecule has 1 aromatic carbocycles. The van der Waals surface area contributed by atoms with Gasteiger partial charge >= 0.3 is 0 Å². The number of hydrogen-bond donors (Lipinski definition) is 0. The molecule has 0 spiro atoms. The summed E-state index contributed by atoms with van der Waals surface area (Å²) in [6.45, 7) is 6.52. The van der Waals surface area contributed by atoms with Gasteiger partial charge in [0.15, 0.2) is 0 Å². The van der Waals surface area contributed by atoms with Crippen LogP contribution in [0.5, 0.6) is 0 Å². The second-order valence-corrected chi connectivity index (χ2v) is 6.01. The van der Waals surface area contributed by atoms with E-state index in [0.29, 0.717) is 11.6 Å². The number of halogens is 2. The molecule has 1 amide bonds. The van der Waals surface area contributed by atoms with Crippen LogP contribution in [0.3, 0.4) is 0 Å². The molecule has 0 bridgehead atoms. The molecular formula is C16H21Cl2NO. The number of amides is 1. The van der Waals surface area contributed by atoms with Gasteiger partial charge in [-0.25, -0.2) is 0 Å². The molecule has 0 N–H and O–H groups in total. The van der Waals surface area contributed by atoms with Crippen LogP contribution in [-0.4, -0.2) is 22.2 Å². The molecule has 0 aliphatic rings. The highest BCUT2D eigenvalue weighted by molar-refractivity contribution is 6.30. The van der Waals surface area contributed by atoms with Crippen molar-refractivity contribution in [2.75, 3.05) is 0 Å². The lowest BCUT2D eigenvalue weighted by Gasteiger charge is -2.27. The summed E-state index contributed by atoms with van der Waals surface area (Å²) in [5.41, 5.74) is 1.07. The van der Waals surface area contributed by atoms with Crippen LogP contribution in [0.15, 0.2) is 36.4 Å². The molecule has 0 fully saturated rings. The Hall–Kier alpha value is -0.990. The van der Waals surface area contributed by atoms with Gasteiger partial charge in [-0.05, 0) is 38.0 Å². The third-order valence-electron chi connectivity index (χ3n) is 3.18. The van der Waals surface area contributed by atoms with Crippen molar-refractivity contribution < 1.29 is 4.79 Å². The Morgan fingerprint density at radius 1 is 1.30 bits per heavy atom. The van der Waals surface area contributed by atoms with Crippen molar-refractivity contribution in [1.29, 1.82) is 0 Å². The summed E-state index contributed by atoms with van der Waals surface area (Å²) in [7, 11) is 0.